The second kappa shape index (κ2) is 11.1. The SMILES string of the molecule is C[C@@H](C(=O)NC1CCCC1)N(Cc1ccc(Br)cc1)C(=O)CCc1ccc2c(c1)OCCO2. The molecule has 7 heteroatoms. The van der Waals surface area contributed by atoms with E-state index >= 15 is 0 Å². The number of fused-ring (bicyclic) bond motifs is 1. The third-order valence-corrected chi connectivity index (χ3v) is 6.90. The Kier molecular flexibility index (Phi) is 7.91. The van der Waals surface area contributed by atoms with Gasteiger partial charge in [-0.1, -0.05) is 47.0 Å². The fourth-order valence-electron chi connectivity index (χ4n) is 4.40. The molecule has 2 aromatic carbocycles. The second-order valence-corrected chi connectivity index (χ2v) is 9.71. The van der Waals surface area contributed by atoms with E-state index in [1.54, 1.807) is 4.90 Å². The molecule has 2 amide bonds. The summed E-state index contributed by atoms with van der Waals surface area (Å²) in [5, 5.41) is 3.15. The molecule has 1 heterocycles. The van der Waals surface area contributed by atoms with Crippen molar-refractivity contribution in [2.24, 2.45) is 0 Å². The highest BCUT2D eigenvalue weighted by Crippen LogP contribution is 2.31. The van der Waals surface area contributed by atoms with E-state index in [1.807, 2.05) is 49.4 Å². The van der Waals surface area contributed by atoms with Crippen molar-refractivity contribution < 1.29 is 19.1 Å². The van der Waals surface area contributed by atoms with Crippen LogP contribution >= 0.6 is 15.9 Å². The van der Waals surface area contributed by atoms with E-state index in [-0.39, 0.29) is 17.9 Å². The van der Waals surface area contributed by atoms with Crippen LogP contribution in [0.15, 0.2) is 46.9 Å². The van der Waals surface area contributed by atoms with Crippen LogP contribution in [0.3, 0.4) is 0 Å². The molecule has 4 rings (SSSR count). The number of ether oxygens (including phenoxy) is 2. The summed E-state index contributed by atoms with van der Waals surface area (Å²) in [6.45, 7) is 3.30. The van der Waals surface area contributed by atoms with E-state index in [2.05, 4.69) is 21.2 Å². The molecule has 1 saturated carbocycles. The van der Waals surface area contributed by atoms with Crippen molar-refractivity contribution in [3.05, 3.63) is 58.1 Å². The Morgan fingerprint density at radius 2 is 1.70 bits per heavy atom. The minimum Gasteiger partial charge on any atom is -0.486 e. The quantitative estimate of drug-likeness (QED) is 0.557. The van der Waals surface area contributed by atoms with Crippen molar-refractivity contribution in [1.82, 2.24) is 10.2 Å². The number of carbonyl (C=O) groups excluding carboxylic acids is 2. The molecule has 1 fully saturated rings. The summed E-state index contributed by atoms with van der Waals surface area (Å²) >= 11 is 3.45. The zero-order valence-corrected chi connectivity index (χ0v) is 20.6. The second-order valence-electron chi connectivity index (χ2n) is 8.79. The molecule has 0 spiro atoms. The van der Waals surface area contributed by atoms with Gasteiger partial charge < -0.3 is 19.7 Å². The number of hydrogen-bond acceptors (Lipinski definition) is 4. The van der Waals surface area contributed by atoms with Gasteiger partial charge in [0.1, 0.15) is 19.3 Å². The van der Waals surface area contributed by atoms with Crippen LogP contribution in [0.5, 0.6) is 11.5 Å². The first-order valence-corrected chi connectivity index (χ1v) is 12.5. The first-order chi connectivity index (χ1) is 16.0. The van der Waals surface area contributed by atoms with Crippen LogP contribution in [0.1, 0.15) is 50.2 Å². The van der Waals surface area contributed by atoms with Gasteiger partial charge in [-0.05, 0) is 61.6 Å². The molecule has 1 aliphatic heterocycles. The summed E-state index contributed by atoms with van der Waals surface area (Å²) in [5.41, 5.74) is 2.01. The van der Waals surface area contributed by atoms with E-state index in [4.69, 9.17) is 9.47 Å². The lowest BCUT2D eigenvalue weighted by atomic mass is 10.1. The molecule has 33 heavy (non-hydrogen) atoms. The van der Waals surface area contributed by atoms with Gasteiger partial charge in [0, 0.05) is 23.5 Å². The van der Waals surface area contributed by atoms with E-state index in [1.165, 1.54) is 0 Å². The minimum atomic E-state index is -0.540. The Labute approximate surface area is 203 Å². The van der Waals surface area contributed by atoms with Gasteiger partial charge in [-0.25, -0.2) is 0 Å². The van der Waals surface area contributed by atoms with Crippen LogP contribution in [0.2, 0.25) is 0 Å². The molecule has 1 aliphatic carbocycles. The monoisotopic (exact) mass is 514 g/mol. The van der Waals surface area contributed by atoms with E-state index in [9.17, 15) is 9.59 Å². The number of halogens is 1. The average molecular weight is 515 g/mol. The van der Waals surface area contributed by atoms with Crippen LogP contribution in [0.4, 0.5) is 0 Å². The van der Waals surface area contributed by atoms with E-state index in [0.29, 0.717) is 32.6 Å². The number of nitrogens with one attached hydrogen (secondary N) is 1. The lowest BCUT2D eigenvalue weighted by Gasteiger charge is -2.30. The lowest BCUT2D eigenvalue weighted by molar-refractivity contribution is -0.140. The van der Waals surface area contributed by atoms with Crippen LogP contribution in [0, 0.1) is 0 Å². The fraction of sp³-hybridized carbons (Fsp3) is 0.462. The molecule has 2 aliphatic rings. The van der Waals surface area contributed by atoms with Crippen molar-refractivity contribution >= 4 is 27.7 Å². The van der Waals surface area contributed by atoms with Crippen molar-refractivity contribution in [3.63, 3.8) is 0 Å². The number of amides is 2. The molecule has 6 nitrogen and oxygen atoms in total. The first kappa shape index (κ1) is 23.6. The molecular weight excluding hydrogens is 484 g/mol. The van der Waals surface area contributed by atoms with Crippen LogP contribution in [-0.2, 0) is 22.6 Å². The highest BCUT2D eigenvalue weighted by molar-refractivity contribution is 9.10. The molecule has 0 unspecified atom stereocenters. The largest absolute Gasteiger partial charge is 0.486 e. The van der Waals surface area contributed by atoms with Gasteiger partial charge in [0.25, 0.3) is 0 Å². The summed E-state index contributed by atoms with van der Waals surface area (Å²) in [6, 6.07) is 13.4. The smallest absolute Gasteiger partial charge is 0.242 e. The number of hydrogen-bond donors (Lipinski definition) is 1. The molecule has 2 aromatic rings. The van der Waals surface area contributed by atoms with Crippen LogP contribution < -0.4 is 14.8 Å². The zero-order valence-electron chi connectivity index (χ0n) is 19.0. The van der Waals surface area contributed by atoms with Gasteiger partial charge in [-0.3, -0.25) is 9.59 Å². The van der Waals surface area contributed by atoms with Gasteiger partial charge in [0.15, 0.2) is 11.5 Å². The molecular formula is C26H31BrN2O4. The number of rotatable bonds is 8. The molecule has 1 N–H and O–H groups in total. The molecule has 0 bridgehead atoms. The maximum atomic E-state index is 13.3. The van der Waals surface area contributed by atoms with Crippen molar-refractivity contribution in [2.75, 3.05) is 13.2 Å². The topological polar surface area (TPSA) is 67.9 Å². The third-order valence-electron chi connectivity index (χ3n) is 6.37. The standard InChI is InChI=1S/C26H31BrN2O4/c1-18(26(31)28-22-4-2-3-5-22)29(17-20-6-10-21(27)11-7-20)25(30)13-9-19-8-12-23-24(16-19)33-15-14-32-23/h6-8,10-12,16,18,22H,2-5,9,13-15,17H2,1H3,(H,28,31)/t18-/m0/s1. The molecule has 0 aromatic heterocycles. The van der Waals surface area contributed by atoms with Crippen molar-refractivity contribution in [2.45, 2.75) is 64.1 Å². The maximum absolute atomic E-state index is 13.3. The number of benzene rings is 2. The van der Waals surface area contributed by atoms with Gasteiger partial charge >= 0.3 is 0 Å². The lowest BCUT2D eigenvalue weighted by Crippen LogP contribution is -2.49. The van der Waals surface area contributed by atoms with Crippen molar-refractivity contribution in [1.29, 1.82) is 0 Å². The van der Waals surface area contributed by atoms with Crippen LogP contribution in [-0.4, -0.2) is 42.0 Å². The van der Waals surface area contributed by atoms with E-state index in [0.717, 1.165) is 52.8 Å². The summed E-state index contributed by atoms with van der Waals surface area (Å²) in [7, 11) is 0. The normalized spacial score (nSPS) is 16.3. The summed E-state index contributed by atoms with van der Waals surface area (Å²) in [4.78, 5) is 28.0. The highest BCUT2D eigenvalue weighted by atomic mass is 79.9. The Morgan fingerprint density at radius 1 is 1.03 bits per heavy atom. The van der Waals surface area contributed by atoms with E-state index < -0.39 is 6.04 Å². The van der Waals surface area contributed by atoms with Gasteiger partial charge in [0.2, 0.25) is 11.8 Å². The molecule has 0 saturated heterocycles. The predicted molar refractivity (Wildman–Crippen MR) is 130 cm³/mol. The van der Waals surface area contributed by atoms with Crippen molar-refractivity contribution in [3.8, 4) is 11.5 Å². The Morgan fingerprint density at radius 3 is 2.42 bits per heavy atom. The zero-order chi connectivity index (χ0) is 23.2. The fourth-order valence-corrected chi connectivity index (χ4v) is 4.66. The third kappa shape index (κ3) is 6.28. The van der Waals surface area contributed by atoms with Gasteiger partial charge in [-0.2, -0.15) is 0 Å². The summed E-state index contributed by atoms with van der Waals surface area (Å²) in [5.74, 6) is 1.35. The minimum absolute atomic E-state index is 0.0399. The Bertz CT molecular complexity index is 973. The highest BCUT2D eigenvalue weighted by Gasteiger charge is 2.28. The summed E-state index contributed by atoms with van der Waals surface area (Å²) < 4.78 is 12.2. The number of aryl methyl sites for hydroxylation is 1. The molecule has 176 valence electrons. The Balaban J connectivity index is 1.44. The van der Waals surface area contributed by atoms with Gasteiger partial charge in [0.05, 0.1) is 0 Å². The van der Waals surface area contributed by atoms with Gasteiger partial charge in [-0.15, -0.1) is 0 Å². The van der Waals surface area contributed by atoms with Crippen LogP contribution in [0.25, 0.3) is 0 Å². The number of nitrogens with zero attached hydrogens (tertiary/aromatic N) is 1. The maximum Gasteiger partial charge on any atom is 0.242 e. The molecule has 1 atom stereocenters. The molecule has 0 radical (unpaired) electrons. The predicted octanol–water partition coefficient (Wildman–Crippen LogP) is 4.63. The Hall–Kier alpha value is -2.54. The number of carbonyl (C=O) groups is 2. The average Bonchev–Trinajstić information content (AvgIpc) is 3.34. The first-order valence-electron chi connectivity index (χ1n) is 11.7. The summed E-state index contributed by atoms with van der Waals surface area (Å²) in [6.07, 6.45) is 5.22.